The molecule has 2 aromatic rings. The quantitative estimate of drug-likeness (QED) is 0.607. The van der Waals surface area contributed by atoms with Gasteiger partial charge in [-0.2, -0.15) is 0 Å². The normalized spacial score (nSPS) is 15.2. The maximum absolute atomic E-state index is 11.8. The number of carbonyl (C=O) groups excluding carboxylic acids is 1. The zero-order chi connectivity index (χ0) is 17.0. The molecule has 0 atom stereocenters. The molecule has 0 aliphatic heterocycles. The predicted molar refractivity (Wildman–Crippen MR) is 71.7 cm³/mol. The van der Waals surface area contributed by atoms with E-state index in [0.717, 1.165) is 11.6 Å². The van der Waals surface area contributed by atoms with E-state index in [-0.39, 0.29) is 11.6 Å². The zero-order valence-corrected chi connectivity index (χ0v) is 9.51. The second kappa shape index (κ2) is 6.40. The Balaban J connectivity index is 2.16. The van der Waals surface area contributed by atoms with Gasteiger partial charge in [0.15, 0.2) is 0 Å². The predicted octanol–water partition coefficient (Wildman–Crippen LogP) is 3.44. The summed E-state index contributed by atoms with van der Waals surface area (Å²) in [5.41, 5.74) is 0.498. The maximum Gasteiger partial charge on any atom is 0.331 e. The van der Waals surface area contributed by atoms with Crippen LogP contribution in [-0.2, 0) is 16.1 Å². The largest absolute Gasteiger partial charge is 0.458 e. The zero-order valence-electron chi connectivity index (χ0n) is 14.5. The Labute approximate surface area is 114 Å². The van der Waals surface area contributed by atoms with Crippen LogP contribution in [-0.4, -0.2) is 5.97 Å². The van der Waals surface area contributed by atoms with Crippen LogP contribution < -0.4 is 0 Å². The molecule has 0 spiro atoms. The summed E-state index contributed by atoms with van der Waals surface area (Å²) in [6.07, 6.45) is 2.58. The molecular formula is C16H14O2. The SMILES string of the molecule is [2H]c1ccc(C([2H])([2H])OC(=O)/C=C/c2ccccc2)c([2H])c1[2H]. The summed E-state index contributed by atoms with van der Waals surface area (Å²) in [7, 11) is 0. The fourth-order valence-corrected chi connectivity index (χ4v) is 1.24. The Morgan fingerprint density at radius 3 is 2.89 bits per heavy atom. The number of rotatable bonds is 4. The van der Waals surface area contributed by atoms with Crippen LogP contribution in [0.3, 0.4) is 0 Å². The fourth-order valence-electron chi connectivity index (χ4n) is 1.24. The molecule has 18 heavy (non-hydrogen) atoms. The summed E-state index contributed by atoms with van der Waals surface area (Å²) in [5.74, 6) is -0.903. The van der Waals surface area contributed by atoms with Gasteiger partial charge < -0.3 is 4.74 Å². The molecule has 2 aromatic carbocycles. The van der Waals surface area contributed by atoms with Crippen molar-refractivity contribution < 1.29 is 16.4 Å². The lowest BCUT2D eigenvalue weighted by Crippen LogP contribution is -2.00. The highest BCUT2D eigenvalue weighted by Crippen LogP contribution is 2.03. The minimum absolute atomic E-state index is 0.190. The second-order valence-electron chi connectivity index (χ2n) is 3.41. The first-order valence-corrected chi connectivity index (χ1v) is 5.34. The molecule has 0 saturated carbocycles. The van der Waals surface area contributed by atoms with Crippen molar-refractivity contribution in [3.8, 4) is 0 Å². The first-order valence-electron chi connectivity index (χ1n) is 7.84. The van der Waals surface area contributed by atoms with Gasteiger partial charge in [0.25, 0.3) is 0 Å². The number of benzene rings is 2. The van der Waals surface area contributed by atoms with Crippen molar-refractivity contribution in [1.82, 2.24) is 0 Å². The molecule has 0 bridgehead atoms. The first kappa shape index (κ1) is 7.17. The van der Waals surface area contributed by atoms with Crippen molar-refractivity contribution >= 4 is 12.0 Å². The van der Waals surface area contributed by atoms with Crippen LogP contribution in [0.2, 0.25) is 0 Å². The highest BCUT2D eigenvalue weighted by Gasteiger charge is 1.97. The highest BCUT2D eigenvalue weighted by atomic mass is 16.5. The Morgan fingerprint density at radius 1 is 1.22 bits per heavy atom. The summed E-state index contributed by atoms with van der Waals surface area (Å²) in [6, 6.07) is 10.3. The molecule has 2 nitrogen and oxygen atoms in total. The summed E-state index contributed by atoms with van der Waals surface area (Å²) in [4.78, 5) is 11.8. The molecular weight excluding hydrogens is 224 g/mol. The van der Waals surface area contributed by atoms with E-state index in [4.69, 9.17) is 11.6 Å². The van der Waals surface area contributed by atoms with Gasteiger partial charge in [-0.25, -0.2) is 4.79 Å². The number of hydrogen-bond donors (Lipinski definition) is 0. The molecule has 0 amide bonds. The van der Waals surface area contributed by atoms with Gasteiger partial charge in [-0.15, -0.1) is 0 Å². The molecule has 0 aliphatic carbocycles. The van der Waals surface area contributed by atoms with Gasteiger partial charge in [-0.05, 0) is 17.2 Å². The van der Waals surface area contributed by atoms with E-state index in [1.807, 2.05) is 6.07 Å². The number of esters is 1. The molecule has 0 saturated heterocycles. The van der Waals surface area contributed by atoms with Crippen LogP contribution in [0.1, 0.15) is 18.0 Å². The molecule has 2 heteroatoms. The van der Waals surface area contributed by atoms with Gasteiger partial charge in [0.05, 0.1) is 6.85 Å². The smallest absolute Gasteiger partial charge is 0.331 e. The van der Waals surface area contributed by atoms with Gasteiger partial charge in [0.2, 0.25) is 0 Å². The molecule has 0 radical (unpaired) electrons. The average Bonchev–Trinajstić information content (AvgIpc) is 2.51. The van der Waals surface area contributed by atoms with Gasteiger partial charge in [0.1, 0.15) is 6.56 Å². The Morgan fingerprint density at radius 2 is 2.06 bits per heavy atom. The van der Waals surface area contributed by atoms with E-state index < -0.39 is 24.6 Å². The Hall–Kier alpha value is -2.35. The van der Waals surface area contributed by atoms with E-state index in [9.17, 15) is 4.79 Å². The summed E-state index contributed by atoms with van der Waals surface area (Å²) in [6.45, 7) is -2.56. The van der Waals surface area contributed by atoms with Crippen LogP contribution in [0, 0.1) is 0 Å². The third-order valence-electron chi connectivity index (χ3n) is 2.08. The molecule has 0 fully saturated rings. The van der Waals surface area contributed by atoms with Crippen molar-refractivity contribution in [3.63, 3.8) is 0 Å². The fraction of sp³-hybridized carbons (Fsp3) is 0.0625. The van der Waals surface area contributed by atoms with E-state index in [1.54, 1.807) is 24.3 Å². The van der Waals surface area contributed by atoms with Crippen LogP contribution in [0.15, 0.2) is 66.7 Å². The van der Waals surface area contributed by atoms with Crippen molar-refractivity contribution in [2.24, 2.45) is 0 Å². The summed E-state index contributed by atoms with van der Waals surface area (Å²) >= 11 is 0. The lowest BCUT2D eigenvalue weighted by Gasteiger charge is -2.01. The molecule has 0 unspecified atom stereocenters. The third kappa shape index (κ3) is 3.91. The van der Waals surface area contributed by atoms with Crippen molar-refractivity contribution in [2.45, 2.75) is 6.56 Å². The molecule has 0 aromatic heterocycles. The Kier molecular flexibility index (Phi) is 2.55. The van der Waals surface area contributed by atoms with Crippen LogP contribution in [0.4, 0.5) is 0 Å². The van der Waals surface area contributed by atoms with E-state index in [0.29, 0.717) is 0 Å². The van der Waals surface area contributed by atoms with E-state index in [2.05, 4.69) is 0 Å². The summed E-state index contributed by atoms with van der Waals surface area (Å²) < 4.78 is 43.1. The number of carbonyl (C=O) groups is 1. The van der Waals surface area contributed by atoms with E-state index in [1.165, 1.54) is 18.2 Å². The van der Waals surface area contributed by atoms with Crippen molar-refractivity contribution in [3.05, 3.63) is 77.8 Å². The topological polar surface area (TPSA) is 26.3 Å². The maximum atomic E-state index is 11.8. The molecule has 0 aliphatic rings. The minimum Gasteiger partial charge on any atom is -0.458 e. The lowest BCUT2D eigenvalue weighted by atomic mass is 10.2. The van der Waals surface area contributed by atoms with Crippen molar-refractivity contribution in [2.75, 3.05) is 0 Å². The average molecular weight is 243 g/mol. The second-order valence-corrected chi connectivity index (χ2v) is 3.41. The molecule has 2 rings (SSSR count). The van der Waals surface area contributed by atoms with Gasteiger partial charge in [-0.3, -0.25) is 0 Å². The van der Waals surface area contributed by atoms with Crippen LogP contribution in [0.25, 0.3) is 6.08 Å². The molecule has 90 valence electrons. The standard InChI is InChI=1S/C16H14O2/c17-16(12-11-14-7-3-1-4-8-14)18-13-15-9-5-2-6-10-15/h1-12H,13H2/b12-11+/i2D,5D,9D,13D2. The number of hydrogen-bond acceptors (Lipinski definition) is 2. The van der Waals surface area contributed by atoms with Crippen LogP contribution >= 0.6 is 0 Å². The van der Waals surface area contributed by atoms with Crippen LogP contribution in [0.5, 0.6) is 0 Å². The van der Waals surface area contributed by atoms with Crippen molar-refractivity contribution in [1.29, 1.82) is 0 Å². The lowest BCUT2D eigenvalue weighted by molar-refractivity contribution is -0.138. The third-order valence-corrected chi connectivity index (χ3v) is 2.08. The van der Waals surface area contributed by atoms with E-state index >= 15 is 0 Å². The molecule has 0 N–H and O–H groups in total. The van der Waals surface area contributed by atoms with Gasteiger partial charge in [0, 0.05) is 6.08 Å². The monoisotopic (exact) mass is 243 g/mol. The minimum atomic E-state index is -2.56. The highest BCUT2D eigenvalue weighted by molar-refractivity contribution is 5.86. The van der Waals surface area contributed by atoms with Gasteiger partial charge >= 0.3 is 5.97 Å². The first-order chi connectivity index (χ1) is 10.8. The number of ether oxygens (including phenoxy) is 1. The molecule has 0 heterocycles. The summed E-state index contributed by atoms with van der Waals surface area (Å²) in [5, 5.41) is 0. The van der Waals surface area contributed by atoms with Gasteiger partial charge in [-0.1, -0.05) is 60.6 Å². The Bertz CT molecular complexity index is 742.